The highest BCUT2D eigenvalue weighted by Crippen LogP contribution is 2.38. The zero-order valence-electron chi connectivity index (χ0n) is 20.1. The van der Waals surface area contributed by atoms with Crippen LogP contribution in [0.3, 0.4) is 0 Å². The first kappa shape index (κ1) is 24.0. The molecular weight excluding hydrogens is 476 g/mol. The van der Waals surface area contributed by atoms with Gasteiger partial charge in [0.15, 0.2) is 0 Å². The molecule has 5 rings (SSSR count). The van der Waals surface area contributed by atoms with Crippen LogP contribution in [0.15, 0.2) is 71.3 Å². The fourth-order valence-corrected chi connectivity index (χ4v) is 5.92. The second-order valence-electron chi connectivity index (χ2n) is 9.17. The van der Waals surface area contributed by atoms with E-state index in [2.05, 4.69) is 14.9 Å². The number of sulfonamides is 1. The second-order valence-corrected chi connectivity index (χ2v) is 10.9. The molecule has 8 nitrogen and oxygen atoms in total. The van der Waals surface area contributed by atoms with Gasteiger partial charge in [-0.3, -0.25) is 0 Å². The largest absolute Gasteiger partial charge is 0.489 e. The molecule has 1 heterocycles. The summed E-state index contributed by atoms with van der Waals surface area (Å²) in [6, 6.07) is 20.0. The Kier molecular flexibility index (Phi) is 6.51. The summed E-state index contributed by atoms with van der Waals surface area (Å²) in [5.74, 6) is 1.35. The van der Waals surface area contributed by atoms with Crippen molar-refractivity contribution < 1.29 is 17.7 Å². The number of rotatable bonds is 8. The van der Waals surface area contributed by atoms with E-state index < -0.39 is 10.0 Å². The maximum Gasteiger partial charge on any atom is 0.258 e. The second kappa shape index (κ2) is 9.75. The average molecular weight is 505 g/mol. The predicted octanol–water partition coefficient (Wildman–Crippen LogP) is 4.88. The molecule has 0 radical (unpaired) electrons. The molecule has 0 unspecified atom stereocenters. The van der Waals surface area contributed by atoms with E-state index in [4.69, 9.17) is 15.0 Å². The minimum atomic E-state index is -3.51. The normalized spacial score (nSPS) is 15.2. The number of nitrogen functional groups attached to an aromatic ring is 1. The highest BCUT2D eigenvalue weighted by molar-refractivity contribution is 7.88. The lowest BCUT2D eigenvalue weighted by molar-refractivity contribution is 0.244. The molecule has 0 aliphatic heterocycles. The molecule has 4 aromatic rings. The van der Waals surface area contributed by atoms with Gasteiger partial charge >= 0.3 is 0 Å². The molecule has 1 atom stereocenters. The number of aromatic nitrogens is 2. The van der Waals surface area contributed by atoms with Crippen molar-refractivity contribution in [3.63, 3.8) is 0 Å². The Labute approximate surface area is 210 Å². The Morgan fingerprint density at radius 1 is 1.11 bits per heavy atom. The van der Waals surface area contributed by atoms with Crippen LogP contribution in [0.2, 0.25) is 0 Å². The topological polar surface area (TPSA) is 120 Å². The van der Waals surface area contributed by atoms with Crippen molar-refractivity contribution in [1.82, 2.24) is 14.9 Å². The van der Waals surface area contributed by atoms with E-state index in [9.17, 15) is 8.42 Å². The highest BCUT2D eigenvalue weighted by Gasteiger charge is 2.29. The standard InChI is InChI=1S/C27H28N4O4S/c1-17(2)34-25-14-11-19(15-23(25)28)27-29-26(30-35-27)22-10-6-9-21-20(22)12-13-24(21)31-36(32,33)16-18-7-4-3-5-8-18/h3-11,14-15,17,24,31H,12-13,16,28H2,1-2H3/t24-/m1/s1. The number of hydrogen-bond acceptors (Lipinski definition) is 7. The van der Waals surface area contributed by atoms with Gasteiger partial charge < -0.3 is 15.0 Å². The highest BCUT2D eigenvalue weighted by atomic mass is 32.2. The lowest BCUT2D eigenvalue weighted by atomic mass is 10.0. The molecule has 0 fully saturated rings. The van der Waals surface area contributed by atoms with Gasteiger partial charge in [0.2, 0.25) is 15.8 Å². The first-order chi connectivity index (χ1) is 17.3. The zero-order chi connectivity index (χ0) is 25.3. The Bertz CT molecular complexity index is 1480. The van der Waals surface area contributed by atoms with Gasteiger partial charge in [-0.2, -0.15) is 4.98 Å². The van der Waals surface area contributed by atoms with Gasteiger partial charge in [0.05, 0.1) is 17.5 Å². The lowest BCUT2D eigenvalue weighted by Crippen LogP contribution is -2.28. The molecule has 3 aromatic carbocycles. The van der Waals surface area contributed by atoms with Gasteiger partial charge in [0.25, 0.3) is 5.89 Å². The van der Waals surface area contributed by atoms with E-state index in [1.165, 1.54) is 0 Å². The van der Waals surface area contributed by atoms with Crippen LogP contribution in [-0.4, -0.2) is 24.7 Å². The third kappa shape index (κ3) is 5.12. The van der Waals surface area contributed by atoms with Gasteiger partial charge in [-0.25, -0.2) is 13.1 Å². The van der Waals surface area contributed by atoms with Crippen molar-refractivity contribution in [3.8, 4) is 28.6 Å². The summed E-state index contributed by atoms with van der Waals surface area (Å²) in [5, 5.41) is 4.20. The van der Waals surface area contributed by atoms with Crippen LogP contribution in [0.5, 0.6) is 5.75 Å². The summed E-state index contributed by atoms with van der Waals surface area (Å²) in [5.41, 5.74) is 10.9. The lowest BCUT2D eigenvalue weighted by Gasteiger charge is -2.15. The van der Waals surface area contributed by atoms with Crippen LogP contribution in [0.1, 0.15) is 43.0 Å². The molecule has 1 aliphatic rings. The molecule has 0 amide bonds. The molecule has 186 valence electrons. The smallest absolute Gasteiger partial charge is 0.258 e. The molecule has 0 spiro atoms. The monoisotopic (exact) mass is 504 g/mol. The van der Waals surface area contributed by atoms with Crippen molar-refractivity contribution in [2.75, 3.05) is 5.73 Å². The molecule has 3 N–H and O–H groups in total. The average Bonchev–Trinajstić information content (AvgIpc) is 3.48. The van der Waals surface area contributed by atoms with Crippen molar-refractivity contribution in [3.05, 3.63) is 83.4 Å². The minimum absolute atomic E-state index is 0.0139. The van der Waals surface area contributed by atoms with Crippen molar-refractivity contribution in [1.29, 1.82) is 0 Å². The van der Waals surface area contributed by atoms with E-state index in [0.29, 0.717) is 41.6 Å². The zero-order valence-corrected chi connectivity index (χ0v) is 21.0. The van der Waals surface area contributed by atoms with E-state index in [1.807, 2.05) is 68.4 Å². The quantitative estimate of drug-likeness (QED) is 0.328. The van der Waals surface area contributed by atoms with Crippen molar-refractivity contribution in [2.45, 2.75) is 44.6 Å². The Morgan fingerprint density at radius 2 is 1.92 bits per heavy atom. The summed E-state index contributed by atoms with van der Waals surface area (Å²) in [6.45, 7) is 3.88. The van der Waals surface area contributed by atoms with Crippen LogP contribution >= 0.6 is 0 Å². The number of nitrogens with one attached hydrogen (secondary N) is 1. The van der Waals surface area contributed by atoms with Gasteiger partial charge in [-0.1, -0.05) is 53.7 Å². The molecule has 9 heteroatoms. The molecule has 1 aliphatic carbocycles. The van der Waals surface area contributed by atoms with Crippen LogP contribution in [-0.2, 0) is 22.2 Å². The SMILES string of the molecule is CC(C)Oc1ccc(-c2nc(-c3cccc4c3CC[C@H]4NS(=O)(=O)Cc3ccccc3)no2)cc1N. The molecular formula is C27H28N4O4S. The number of ether oxygens (including phenoxy) is 1. The summed E-state index contributed by atoms with van der Waals surface area (Å²) >= 11 is 0. The number of anilines is 1. The predicted molar refractivity (Wildman–Crippen MR) is 139 cm³/mol. The molecule has 36 heavy (non-hydrogen) atoms. The van der Waals surface area contributed by atoms with Crippen molar-refractivity contribution >= 4 is 15.7 Å². The first-order valence-electron chi connectivity index (χ1n) is 11.9. The molecule has 0 saturated heterocycles. The van der Waals surface area contributed by atoms with Crippen LogP contribution in [0, 0.1) is 0 Å². The summed E-state index contributed by atoms with van der Waals surface area (Å²) in [4.78, 5) is 4.60. The van der Waals surface area contributed by atoms with Gasteiger partial charge in [-0.15, -0.1) is 0 Å². The third-order valence-electron chi connectivity index (χ3n) is 6.08. The molecule has 1 aromatic heterocycles. The summed E-state index contributed by atoms with van der Waals surface area (Å²) in [7, 11) is -3.51. The van der Waals surface area contributed by atoms with E-state index >= 15 is 0 Å². The fraction of sp³-hybridized carbons (Fsp3) is 0.259. The Hall–Kier alpha value is -3.69. The van der Waals surface area contributed by atoms with Gasteiger partial charge in [0.1, 0.15) is 5.75 Å². The third-order valence-corrected chi connectivity index (χ3v) is 7.44. The fourth-order valence-electron chi connectivity index (χ4n) is 4.53. The van der Waals surface area contributed by atoms with E-state index in [-0.39, 0.29) is 17.9 Å². The van der Waals surface area contributed by atoms with Crippen molar-refractivity contribution in [2.24, 2.45) is 0 Å². The Balaban J connectivity index is 1.37. The summed E-state index contributed by atoms with van der Waals surface area (Å²) in [6.07, 6.45) is 1.39. The first-order valence-corrected chi connectivity index (χ1v) is 13.5. The van der Waals surface area contributed by atoms with E-state index in [1.54, 1.807) is 12.1 Å². The Morgan fingerprint density at radius 3 is 2.67 bits per heavy atom. The minimum Gasteiger partial charge on any atom is -0.489 e. The van der Waals surface area contributed by atoms with Crippen LogP contribution < -0.4 is 15.2 Å². The summed E-state index contributed by atoms with van der Waals surface area (Å²) < 4.78 is 39.8. The number of fused-ring (bicyclic) bond motifs is 1. The maximum absolute atomic E-state index is 12.8. The number of nitrogens with two attached hydrogens (primary N) is 1. The van der Waals surface area contributed by atoms with Crippen LogP contribution in [0.4, 0.5) is 5.69 Å². The molecule has 0 bridgehead atoms. The van der Waals surface area contributed by atoms with E-state index in [0.717, 1.165) is 22.3 Å². The number of hydrogen-bond donors (Lipinski definition) is 2. The number of nitrogens with zero attached hydrogens (tertiary/aromatic N) is 2. The van der Waals surface area contributed by atoms with Gasteiger partial charge in [0, 0.05) is 17.2 Å². The molecule has 0 saturated carbocycles. The van der Waals surface area contributed by atoms with Gasteiger partial charge in [-0.05, 0) is 61.6 Å². The number of benzene rings is 3. The van der Waals surface area contributed by atoms with Crippen LogP contribution in [0.25, 0.3) is 22.8 Å². The maximum atomic E-state index is 12.8.